The van der Waals surface area contributed by atoms with Crippen LogP contribution >= 0.6 is 23.2 Å². The summed E-state index contributed by atoms with van der Waals surface area (Å²) in [4.78, 5) is -0.466. The molecule has 2 heteroatoms. The molecule has 0 spiro atoms. The molecule has 0 heterocycles. The molecule has 0 N–H and O–H groups in total. The molecule has 0 nitrogen and oxygen atoms in total. The minimum absolute atomic E-state index is 0.117. The largest absolute Gasteiger partial charge is 0.132 e. The highest BCUT2D eigenvalue weighted by atomic mass is 35.5. The third kappa shape index (κ3) is 4.44. The van der Waals surface area contributed by atoms with Crippen LogP contribution in [0.5, 0.6) is 0 Å². The molecule has 28 heavy (non-hydrogen) atoms. The van der Waals surface area contributed by atoms with E-state index < -0.39 is 4.84 Å². The zero-order valence-electron chi connectivity index (χ0n) is 17.4. The minimum atomic E-state index is -0.466. The predicted octanol–water partition coefficient (Wildman–Crippen LogP) is 9.37. The molecule has 1 aliphatic carbocycles. The molecule has 0 aliphatic heterocycles. The summed E-state index contributed by atoms with van der Waals surface area (Å²) >= 11 is 12.5. The van der Waals surface area contributed by atoms with E-state index >= 15 is 0 Å². The fourth-order valence-corrected chi connectivity index (χ4v) is 5.25. The summed E-state index contributed by atoms with van der Waals surface area (Å²) in [6.45, 7) is 4.57. The van der Waals surface area contributed by atoms with Crippen molar-refractivity contribution >= 4 is 23.2 Å². The maximum absolute atomic E-state index is 6.27. The quantitative estimate of drug-likeness (QED) is 0.252. The number of halogens is 2. The number of alkyl halides is 2. The summed E-state index contributed by atoms with van der Waals surface area (Å²) in [5.41, 5.74) is 6.93. The van der Waals surface area contributed by atoms with Crippen molar-refractivity contribution in [3.63, 3.8) is 0 Å². The molecule has 2 aromatic carbocycles. The van der Waals surface area contributed by atoms with Gasteiger partial charge in [-0.1, -0.05) is 108 Å². The molecule has 3 rings (SSSR count). The summed E-state index contributed by atoms with van der Waals surface area (Å²) in [7, 11) is 0. The summed E-state index contributed by atoms with van der Waals surface area (Å²) < 4.78 is 0. The second-order valence-corrected chi connectivity index (χ2v) is 9.45. The Balaban J connectivity index is 2.03. The van der Waals surface area contributed by atoms with E-state index in [4.69, 9.17) is 23.2 Å². The highest BCUT2D eigenvalue weighted by molar-refractivity contribution is 6.44. The van der Waals surface area contributed by atoms with E-state index in [0.717, 1.165) is 5.56 Å². The van der Waals surface area contributed by atoms with Gasteiger partial charge in [0.25, 0.3) is 0 Å². The molecule has 152 valence electrons. The fourth-order valence-electron chi connectivity index (χ4n) is 4.98. The molecule has 2 aromatic rings. The Bertz CT molecular complexity index is 751. The molecule has 0 fully saturated rings. The van der Waals surface area contributed by atoms with Crippen LogP contribution in [0.3, 0.4) is 0 Å². The summed E-state index contributed by atoms with van der Waals surface area (Å²) in [6.07, 6.45) is 12.9. The predicted molar refractivity (Wildman–Crippen MR) is 125 cm³/mol. The van der Waals surface area contributed by atoms with Gasteiger partial charge in [0.15, 0.2) is 0 Å². The van der Waals surface area contributed by atoms with Gasteiger partial charge < -0.3 is 0 Å². The molecule has 0 unspecified atom stereocenters. The number of unbranched alkanes of at least 4 members (excludes halogenated alkanes) is 6. The van der Waals surface area contributed by atoms with Crippen molar-refractivity contribution in [2.45, 2.75) is 88.3 Å². The van der Waals surface area contributed by atoms with E-state index in [2.05, 4.69) is 56.3 Å². The molecule has 0 saturated heterocycles. The standard InChI is InChI=1S/C26H34Cl2/c1-3-5-7-11-17-26(18-12-8-6-4-2)23-14-10-9-13-21(23)22-16-15-20(25(27)28)19-24(22)26/h9-10,13-16,19,25H,3-8,11-12,17-18H2,1-2H3. The second-order valence-electron chi connectivity index (χ2n) is 8.35. The van der Waals surface area contributed by atoms with Gasteiger partial charge in [-0.15, -0.1) is 23.2 Å². The highest BCUT2D eigenvalue weighted by Crippen LogP contribution is 2.54. The van der Waals surface area contributed by atoms with Crippen molar-refractivity contribution in [3.05, 3.63) is 59.2 Å². The van der Waals surface area contributed by atoms with E-state index in [-0.39, 0.29) is 5.41 Å². The lowest BCUT2D eigenvalue weighted by Crippen LogP contribution is -2.25. The van der Waals surface area contributed by atoms with Gasteiger partial charge >= 0.3 is 0 Å². The summed E-state index contributed by atoms with van der Waals surface area (Å²) in [5.74, 6) is 0. The van der Waals surface area contributed by atoms with Crippen LogP contribution in [0.25, 0.3) is 11.1 Å². The van der Waals surface area contributed by atoms with E-state index in [1.165, 1.54) is 86.5 Å². The molecule has 1 aliphatic rings. The van der Waals surface area contributed by atoms with Gasteiger partial charge in [-0.25, -0.2) is 0 Å². The van der Waals surface area contributed by atoms with E-state index in [0.29, 0.717) is 0 Å². The SMILES string of the molecule is CCCCCCC1(CCCCCC)c2ccccc2-c2ccc(C(Cl)Cl)cc21. The molecule has 0 bridgehead atoms. The van der Waals surface area contributed by atoms with Gasteiger partial charge in [0.05, 0.1) is 0 Å². The van der Waals surface area contributed by atoms with Crippen LogP contribution in [0, 0.1) is 0 Å². The highest BCUT2D eigenvalue weighted by Gasteiger charge is 2.42. The van der Waals surface area contributed by atoms with Gasteiger partial charge in [-0.3, -0.25) is 0 Å². The number of fused-ring (bicyclic) bond motifs is 3. The van der Waals surface area contributed by atoms with Crippen LogP contribution in [-0.4, -0.2) is 0 Å². The van der Waals surface area contributed by atoms with Crippen molar-refractivity contribution in [2.24, 2.45) is 0 Å². The first kappa shape index (κ1) is 21.7. The van der Waals surface area contributed by atoms with Gasteiger partial charge in [0.1, 0.15) is 4.84 Å². The van der Waals surface area contributed by atoms with Crippen molar-refractivity contribution in [1.82, 2.24) is 0 Å². The van der Waals surface area contributed by atoms with Crippen molar-refractivity contribution in [1.29, 1.82) is 0 Å². The lowest BCUT2D eigenvalue weighted by atomic mass is 9.70. The van der Waals surface area contributed by atoms with Crippen LogP contribution in [0.1, 0.15) is 99.6 Å². The van der Waals surface area contributed by atoms with Crippen molar-refractivity contribution in [2.75, 3.05) is 0 Å². The van der Waals surface area contributed by atoms with E-state index in [1.807, 2.05) is 0 Å². The average Bonchev–Trinajstić information content (AvgIpc) is 2.99. The average molecular weight is 417 g/mol. The van der Waals surface area contributed by atoms with Crippen LogP contribution in [0.2, 0.25) is 0 Å². The van der Waals surface area contributed by atoms with Crippen LogP contribution in [-0.2, 0) is 5.41 Å². The van der Waals surface area contributed by atoms with E-state index in [9.17, 15) is 0 Å². The normalized spacial score (nSPS) is 14.3. The van der Waals surface area contributed by atoms with Gasteiger partial charge in [0.2, 0.25) is 0 Å². The molecule has 0 saturated carbocycles. The first-order valence-electron chi connectivity index (χ1n) is 11.2. The number of hydrogen-bond donors (Lipinski definition) is 0. The Morgan fingerprint density at radius 2 is 1.32 bits per heavy atom. The fraction of sp³-hybridized carbons (Fsp3) is 0.538. The number of rotatable bonds is 11. The van der Waals surface area contributed by atoms with Crippen molar-refractivity contribution < 1.29 is 0 Å². The third-order valence-corrected chi connectivity index (χ3v) is 6.96. The zero-order valence-corrected chi connectivity index (χ0v) is 19.0. The lowest BCUT2D eigenvalue weighted by Gasteiger charge is -2.33. The number of hydrogen-bond acceptors (Lipinski definition) is 0. The van der Waals surface area contributed by atoms with Crippen LogP contribution < -0.4 is 0 Å². The monoisotopic (exact) mass is 416 g/mol. The van der Waals surface area contributed by atoms with Crippen LogP contribution in [0.4, 0.5) is 0 Å². The first-order chi connectivity index (χ1) is 13.6. The van der Waals surface area contributed by atoms with Crippen LogP contribution in [0.15, 0.2) is 42.5 Å². The molecule has 0 amide bonds. The second kappa shape index (κ2) is 10.2. The Morgan fingerprint density at radius 3 is 1.93 bits per heavy atom. The van der Waals surface area contributed by atoms with Crippen molar-refractivity contribution in [3.8, 4) is 11.1 Å². The zero-order chi connectivity index (χ0) is 20.0. The summed E-state index contributed by atoms with van der Waals surface area (Å²) in [6, 6.07) is 15.7. The molecule has 0 radical (unpaired) electrons. The molecular weight excluding hydrogens is 383 g/mol. The molecule has 0 atom stereocenters. The van der Waals surface area contributed by atoms with E-state index in [1.54, 1.807) is 0 Å². The molecule has 0 aromatic heterocycles. The maximum Gasteiger partial charge on any atom is 0.132 e. The minimum Gasteiger partial charge on any atom is -0.100 e. The Labute approximate surface area is 181 Å². The maximum atomic E-state index is 6.27. The van der Waals surface area contributed by atoms with Gasteiger partial charge in [0, 0.05) is 5.41 Å². The van der Waals surface area contributed by atoms with Gasteiger partial charge in [-0.05, 0) is 40.7 Å². The smallest absolute Gasteiger partial charge is 0.100 e. The molecular formula is C26H34Cl2. The summed E-state index contributed by atoms with van der Waals surface area (Å²) in [5, 5.41) is 0. The Hall–Kier alpha value is -0.980. The lowest BCUT2D eigenvalue weighted by molar-refractivity contribution is 0.401. The number of benzene rings is 2. The Kier molecular flexibility index (Phi) is 7.89. The topological polar surface area (TPSA) is 0 Å². The first-order valence-corrected chi connectivity index (χ1v) is 12.0. The Morgan fingerprint density at radius 1 is 0.714 bits per heavy atom. The van der Waals surface area contributed by atoms with Gasteiger partial charge in [-0.2, -0.15) is 0 Å². The third-order valence-electron chi connectivity index (χ3n) is 6.46.